The van der Waals surface area contributed by atoms with Gasteiger partial charge in [-0.25, -0.2) is 4.79 Å². The number of halogens is 6. The van der Waals surface area contributed by atoms with E-state index in [9.17, 15) is 35.9 Å². The number of rotatable bonds is 3. The van der Waals surface area contributed by atoms with Crippen LogP contribution < -0.4 is 0 Å². The highest BCUT2D eigenvalue weighted by atomic mass is 19.4. The highest BCUT2D eigenvalue weighted by molar-refractivity contribution is 5.97. The number of carbonyl (C=O) groups is 2. The summed E-state index contributed by atoms with van der Waals surface area (Å²) in [5.74, 6) is -2.75. The molecule has 0 saturated heterocycles. The van der Waals surface area contributed by atoms with E-state index in [1.165, 1.54) is 0 Å². The maximum atomic E-state index is 12.8. The van der Waals surface area contributed by atoms with E-state index in [4.69, 9.17) is 5.11 Å². The van der Waals surface area contributed by atoms with Gasteiger partial charge in [-0.2, -0.15) is 26.3 Å². The van der Waals surface area contributed by atoms with Crippen LogP contribution in [-0.4, -0.2) is 34.5 Å². The minimum Gasteiger partial charge on any atom is -0.480 e. The zero-order valence-corrected chi connectivity index (χ0v) is 12.7. The third-order valence-corrected chi connectivity index (χ3v) is 3.50. The fourth-order valence-electron chi connectivity index (χ4n) is 1.67. The molecule has 0 radical (unpaired) electrons. The Labute approximate surface area is 132 Å². The maximum absolute atomic E-state index is 12.8. The number of likely N-dealkylation sites (N-methyl/N-ethyl adjacent to an activating group) is 1. The molecule has 24 heavy (non-hydrogen) atoms. The molecule has 0 atom stereocenters. The molecule has 134 valence electrons. The van der Waals surface area contributed by atoms with Crippen molar-refractivity contribution in [2.75, 3.05) is 7.05 Å². The standard InChI is InChI=1S/C14H13F6NO3/c1-12(2,11(23)24)21(3)10(22)7-4-8(13(15,16)17)6-9(5-7)14(18,19)20/h4-6H,1-3H3,(H,23,24). The Morgan fingerprint density at radius 2 is 1.29 bits per heavy atom. The predicted molar refractivity (Wildman–Crippen MR) is 70.3 cm³/mol. The lowest BCUT2D eigenvalue weighted by Gasteiger charge is -2.31. The fourth-order valence-corrected chi connectivity index (χ4v) is 1.67. The fraction of sp³-hybridized carbons (Fsp3) is 0.429. The summed E-state index contributed by atoms with van der Waals surface area (Å²) in [7, 11) is 0.976. The quantitative estimate of drug-likeness (QED) is 0.840. The predicted octanol–water partition coefficient (Wildman–Crippen LogP) is 3.66. The molecule has 0 bridgehead atoms. The molecule has 0 unspecified atom stereocenters. The molecule has 1 amide bonds. The molecule has 0 heterocycles. The highest BCUT2D eigenvalue weighted by Crippen LogP contribution is 2.36. The zero-order valence-electron chi connectivity index (χ0n) is 12.7. The molecule has 0 aliphatic rings. The molecule has 1 aromatic carbocycles. The van der Waals surface area contributed by atoms with Gasteiger partial charge in [-0.1, -0.05) is 0 Å². The van der Waals surface area contributed by atoms with Gasteiger partial charge in [0, 0.05) is 12.6 Å². The maximum Gasteiger partial charge on any atom is 0.416 e. The number of alkyl halides is 6. The molecule has 0 fully saturated rings. The number of hydrogen-bond donors (Lipinski definition) is 1. The summed E-state index contributed by atoms with van der Waals surface area (Å²) in [5, 5.41) is 9.02. The number of aliphatic carboxylic acids is 1. The van der Waals surface area contributed by atoms with Crippen molar-refractivity contribution in [1.82, 2.24) is 4.90 Å². The van der Waals surface area contributed by atoms with Gasteiger partial charge in [0.15, 0.2) is 0 Å². The van der Waals surface area contributed by atoms with Crippen LogP contribution in [0.25, 0.3) is 0 Å². The summed E-state index contributed by atoms with van der Waals surface area (Å²) in [4.78, 5) is 23.8. The number of carboxylic acids is 1. The van der Waals surface area contributed by atoms with Gasteiger partial charge < -0.3 is 10.0 Å². The first-order chi connectivity index (χ1) is 10.6. The zero-order chi connectivity index (χ0) is 19.1. The molecule has 0 spiro atoms. The number of carboxylic acid groups (broad SMARTS) is 1. The van der Waals surface area contributed by atoms with Crippen LogP contribution in [0.2, 0.25) is 0 Å². The molecule has 1 rings (SSSR count). The molecule has 4 nitrogen and oxygen atoms in total. The van der Waals surface area contributed by atoms with Crippen LogP contribution in [0.5, 0.6) is 0 Å². The Morgan fingerprint density at radius 3 is 1.58 bits per heavy atom. The number of benzene rings is 1. The smallest absolute Gasteiger partial charge is 0.416 e. The minimum atomic E-state index is -5.10. The second-order valence-electron chi connectivity index (χ2n) is 5.52. The number of amides is 1. The van der Waals surface area contributed by atoms with Crippen molar-refractivity contribution in [3.8, 4) is 0 Å². The van der Waals surface area contributed by atoms with Crippen LogP contribution in [-0.2, 0) is 17.1 Å². The summed E-state index contributed by atoms with van der Waals surface area (Å²) in [6.07, 6.45) is -10.2. The molecule has 0 saturated carbocycles. The van der Waals surface area contributed by atoms with Crippen molar-refractivity contribution in [1.29, 1.82) is 0 Å². The Balaban J connectivity index is 3.48. The topological polar surface area (TPSA) is 57.6 Å². The summed E-state index contributed by atoms with van der Waals surface area (Å²) in [6.45, 7) is 2.18. The van der Waals surface area contributed by atoms with Gasteiger partial charge in [-0.3, -0.25) is 4.79 Å². The van der Waals surface area contributed by atoms with Crippen LogP contribution in [0.3, 0.4) is 0 Å². The van der Waals surface area contributed by atoms with Crippen molar-refractivity contribution in [2.24, 2.45) is 0 Å². The first-order valence-electron chi connectivity index (χ1n) is 6.39. The van der Waals surface area contributed by atoms with Gasteiger partial charge in [0.25, 0.3) is 5.91 Å². The Bertz CT molecular complexity index is 631. The van der Waals surface area contributed by atoms with Gasteiger partial charge in [-0.05, 0) is 32.0 Å². The molecule has 0 aliphatic carbocycles. The Kier molecular flexibility index (Phi) is 4.94. The van der Waals surface area contributed by atoms with Crippen molar-refractivity contribution >= 4 is 11.9 Å². The Morgan fingerprint density at radius 1 is 0.917 bits per heavy atom. The van der Waals surface area contributed by atoms with E-state index in [1.54, 1.807) is 0 Å². The summed E-state index contributed by atoms with van der Waals surface area (Å²) >= 11 is 0. The first kappa shape index (κ1) is 19.8. The van der Waals surface area contributed by atoms with Crippen LogP contribution in [0, 0.1) is 0 Å². The van der Waals surface area contributed by atoms with Gasteiger partial charge in [0.05, 0.1) is 11.1 Å². The van der Waals surface area contributed by atoms with Gasteiger partial charge in [0.2, 0.25) is 0 Å². The molecule has 0 aliphatic heterocycles. The van der Waals surface area contributed by atoms with Crippen LogP contribution in [0.1, 0.15) is 35.3 Å². The van der Waals surface area contributed by atoms with E-state index >= 15 is 0 Å². The SMILES string of the molecule is CN(C(=O)c1cc(C(F)(F)F)cc(C(F)(F)F)c1)C(C)(C)C(=O)O. The molecule has 0 aromatic heterocycles. The monoisotopic (exact) mass is 357 g/mol. The van der Waals surface area contributed by atoms with E-state index in [2.05, 4.69) is 0 Å². The lowest BCUT2D eigenvalue weighted by molar-refractivity contribution is -0.147. The molecule has 10 heteroatoms. The van der Waals surface area contributed by atoms with Crippen molar-refractivity contribution in [2.45, 2.75) is 31.7 Å². The molecule has 1 aromatic rings. The number of hydrogen-bond acceptors (Lipinski definition) is 2. The average Bonchev–Trinajstić information content (AvgIpc) is 2.43. The second-order valence-corrected chi connectivity index (χ2v) is 5.52. The van der Waals surface area contributed by atoms with E-state index in [0.29, 0.717) is 4.90 Å². The molecular formula is C14H13F6NO3. The van der Waals surface area contributed by atoms with E-state index in [-0.39, 0.29) is 18.2 Å². The van der Waals surface area contributed by atoms with Crippen molar-refractivity contribution in [3.05, 3.63) is 34.9 Å². The average molecular weight is 357 g/mol. The lowest BCUT2D eigenvalue weighted by Crippen LogP contribution is -2.50. The van der Waals surface area contributed by atoms with Gasteiger partial charge >= 0.3 is 18.3 Å². The van der Waals surface area contributed by atoms with E-state index < -0.39 is 46.5 Å². The van der Waals surface area contributed by atoms with Gasteiger partial charge in [-0.15, -0.1) is 0 Å². The van der Waals surface area contributed by atoms with Gasteiger partial charge in [0.1, 0.15) is 5.54 Å². The van der Waals surface area contributed by atoms with Crippen molar-refractivity contribution < 1.29 is 41.0 Å². The lowest BCUT2D eigenvalue weighted by atomic mass is 10.00. The first-order valence-corrected chi connectivity index (χ1v) is 6.39. The minimum absolute atomic E-state index is 0.112. The number of nitrogens with zero attached hydrogens (tertiary/aromatic N) is 1. The summed E-state index contributed by atoms with van der Waals surface area (Å²) in [6, 6.07) is 0.400. The summed E-state index contributed by atoms with van der Waals surface area (Å²) in [5.41, 5.74) is -6.04. The van der Waals surface area contributed by atoms with Crippen LogP contribution >= 0.6 is 0 Å². The third kappa shape index (κ3) is 3.98. The molecule has 1 N–H and O–H groups in total. The second kappa shape index (κ2) is 5.99. The van der Waals surface area contributed by atoms with E-state index in [1.807, 2.05) is 0 Å². The normalized spacial score (nSPS) is 12.9. The van der Waals surface area contributed by atoms with Crippen molar-refractivity contribution in [3.63, 3.8) is 0 Å². The van der Waals surface area contributed by atoms with E-state index in [0.717, 1.165) is 20.9 Å². The Hall–Kier alpha value is -2.26. The summed E-state index contributed by atoms with van der Waals surface area (Å²) < 4.78 is 76.7. The highest BCUT2D eigenvalue weighted by Gasteiger charge is 2.40. The van der Waals surface area contributed by atoms with Crippen LogP contribution in [0.4, 0.5) is 26.3 Å². The third-order valence-electron chi connectivity index (χ3n) is 3.50. The number of carbonyl (C=O) groups excluding carboxylic acids is 1. The van der Waals surface area contributed by atoms with Crippen LogP contribution in [0.15, 0.2) is 18.2 Å². The molecular weight excluding hydrogens is 344 g/mol. The largest absolute Gasteiger partial charge is 0.480 e.